The van der Waals surface area contributed by atoms with E-state index in [1.54, 1.807) is 0 Å². The van der Waals surface area contributed by atoms with Crippen LogP contribution in [0.25, 0.3) is 133 Å². The smallest absolute Gasteiger partial charge is 0.241 e. The van der Waals surface area contributed by atoms with E-state index < -0.39 is 0 Å². The highest BCUT2D eigenvalue weighted by Crippen LogP contribution is 2.43. The lowest BCUT2D eigenvalue weighted by atomic mass is 9.35. The Hall–Kier alpha value is -11.8. The van der Waals surface area contributed by atoms with E-state index >= 15 is 0 Å². The van der Waals surface area contributed by atoms with Gasteiger partial charge in [0.05, 0.1) is 22.1 Å². The lowest BCUT2D eigenvalue weighted by Crippen LogP contribution is -2.54. The first-order chi connectivity index (χ1) is 48.8. The molecule has 18 rings (SSSR count). The second-order valence-electron chi connectivity index (χ2n) is 27.7. The number of rotatable bonds is 11. The van der Waals surface area contributed by atoms with Crippen molar-refractivity contribution in [1.29, 1.82) is 0 Å². The van der Waals surface area contributed by atoms with Crippen LogP contribution in [0.4, 0.5) is 0 Å². The van der Waals surface area contributed by atoms with Crippen LogP contribution in [0.3, 0.4) is 0 Å². The molecule has 13 aromatic carbocycles. The molecule has 0 radical (unpaired) electrons. The lowest BCUT2D eigenvalue weighted by Gasteiger charge is -2.25. The van der Waals surface area contributed by atoms with E-state index in [2.05, 4.69) is 291 Å². The van der Waals surface area contributed by atoms with Gasteiger partial charge in [0, 0.05) is 71.2 Å². The van der Waals surface area contributed by atoms with Crippen LogP contribution in [0, 0.1) is 69.2 Å². The molecule has 0 aliphatic rings. The number of benzene rings is 13. The molecule has 0 aliphatic heterocycles. The molecular weight excluding hydrogens is 1220 g/mol. The second-order valence-corrected chi connectivity index (χ2v) is 27.7. The van der Waals surface area contributed by atoms with E-state index in [9.17, 15) is 0 Å². The zero-order valence-corrected chi connectivity index (χ0v) is 57.9. The van der Waals surface area contributed by atoms with E-state index in [0.717, 1.165) is 110 Å². The molecule has 0 saturated heterocycles. The van der Waals surface area contributed by atoms with Crippen LogP contribution in [0.5, 0.6) is 0 Å². The van der Waals surface area contributed by atoms with Crippen molar-refractivity contribution < 1.29 is 8.83 Å². The number of aromatic nitrogens is 5. The molecule has 9 heteroatoms. The number of fused-ring (bicyclic) bond motifs is 13. The highest BCUT2D eigenvalue weighted by molar-refractivity contribution is 6.96. The maximum Gasteiger partial charge on any atom is 0.241 e. The first-order valence-electron chi connectivity index (χ1n) is 34.8. The SMILES string of the molecule is Cc1c(C)c(C)c(B(c2ccccc2)c2cccc(-n3c4ccc(B(c5ccccc5)c5c(C)c(C)c(C)c(C)c5C)cc4c4ccc5c6ccccc6n(-c6cccc(-c7nc(-c8ccc9c(c8)oc8ccccc89)nc(-c8ccc9oc%10ccccc%10c9c8)n7)c6)c5c43)c2)c(C)c1C. The van der Waals surface area contributed by atoms with Crippen molar-refractivity contribution in [3.63, 3.8) is 0 Å². The summed E-state index contributed by atoms with van der Waals surface area (Å²) in [5.41, 5.74) is 33.5. The summed E-state index contributed by atoms with van der Waals surface area (Å²) in [6.07, 6.45) is 0. The van der Waals surface area contributed by atoms with Gasteiger partial charge >= 0.3 is 0 Å². The normalized spacial score (nSPS) is 11.9. The fraction of sp³-hybridized carbons (Fsp3) is 0.110. The van der Waals surface area contributed by atoms with Crippen molar-refractivity contribution in [2.75, 3.05) is 0 Å². The van der Waals surface area contributed by atoms with E-state index in [0.29, 0.717) is 17.5 Å². The van der Waals surface area contributed by atoms with E-state index in [-0.39, 0.29) is 13.4 Å². The third-order valence-electron chi connectivity index (χ3n) is 22.6. The van der Waals surface area contributed by atoms with Crippen LogP contribution in [-0.2, 0) is 0 Å². The van der Waals surface area contributed by atoms with Gasteiger partial charge in [-0.25, -0.2) is 15.0 Å². The number of furan rings is 2. The Bertz CT molecular complexity index is 6370. The number of nitrogens with zero attached hydrogens (tertiary/aromatic N) is 5. The standard InChI is InChI=1S/C91H71B2N5O2/c1-52-54(3)58(7)85(59(8)55(52)4)92(65-26-13-11-14-27-65)67-30-24-32-70(50-67)98-80-45-41-68(93(66-28-15-12-16-29-66)86-60(9)56(5)53(2)57(6)61(86)10)51-77(80)76-44-43-75-71-33-17-20-36-79(71)97(87(75)88(76)98)69-31-23-25-62(47-69)89-94-90(63-40-46-83-78(48-63)73-35-19-22-38-82(73)99-83)96-91(95-89)64-39-42-74-72-34-18-21-37-81(72)100-84(74)49-64/h11-51H,1-10H3. The summed E-state index contributed by atoms with van der Waals surface area (Å²) in [4.78, 5) is 16.2. The molecule has 0 aliphatic carbocycles. The quantitative estimate of drug-likeness (QED) is 0.121. The number of hydrogen-bond donors (Lipinski definition) is 0. The molecule has 5 aromatic heterocycles. The third kappa shape index (κ3) is 9.46. The molecule has 0 spiro atoms. The molecule has 0 unspecified atom stereocenters. The molecule has 478 valence electrons. The van der Waals surface area contributed by atoms with Crippen molar-refractivity contribution in [2.45, 2.75) is 69.2 Å². The first-order valence-corrected chi connectivity index (χ1v) is 34.8. The third-order valence-corrected chi connectivity index (χ3v) is 22.6. The van der Waals surface area contributed by atoms with Crippen LogP contribution in [0.2, 0.25) is 0 Å². The zero-order chi connectivity index (χ0) is 67.9. The predicted molar refractivity (Wildman–Crippen MR) is 422 cm³/mol. The minimum absolute atomic E-state index is 0.0270. The minimum atomic E-state index is -0.0365. The molecular formula is C91H71B2N5O2. The number of hydrogen-bond acceptors (Lipinski definition) is 5. The molecule has 7 nitrogen and oxygen atoms in total. The van der Waals surface area contributed by atoms with Crippen molar-refractivity contribution in [1.82, 2.24) is 24.1 Å². The fourth-order valence-corrected chi connectivity index (χ4v) is 16.7. The molecule has 100 heavy (non-hydrogen) atoms. The van der Waals surface area contributed by atoms with E-state index in [1.807, 2.05) is 36.4 Å². The van der Waals surface area contributed by atoms with Crippen molar-refractivity contribution in [3.05, 3.63) is 304 Å². The second kappa shape index (κ2) is 23.5. The Morgan fingerprint density at radius 2 is 0.650 bits per heavy atom. The molecule has 0 N–H and O–H groups in total. The lowest BCUT2D eigenvalue weighted by molar-refractivity contribution is 0.668. The van der Waals surface area contributed by atoms with Gasteiger partial charge in [0.2, 0.25) is 13.4 Å². The van der Waals surface area contributed by atoms with Crippen LogP contribution in [0.1, 0.15) is 55.6 Å². The fourth-order valence-electron chi connectivity index (χ4n) is 16.7. The monoisotopic (exact) mass is 1290 g/mol. The van der Waals surface area contributed by atoms with Crippen LogP contribution < -0.4 is 32.8 Å². The van der Waals surface area contributed by atoms with Crippen molar-refractivity contribution in [2.24, 2.45) is 0 Å². The Labute approximate surface area is 582 Å². The largest absolute Gasteiger partial charge is 0.456 e. The van der Waals surface area contributed by atoms with Gasteiger partial charge in [0.1, 0.15) is 22.3 Å². The van der Waals surface area contributed by atoms with Crippen LogP contribution >= 0.6 is 0 Å². The van der Waals surface area contributed by atoms with E-state index in [1.165, 1.54) is 93.8 Å². The summed E-state index contributed by atoms with van der Waals surface area (Å²) in [6.45, 7) is 23.0. The molecule has 0 saturated carbocycles. The Morgan fingerprint density at radius 1 is 0.250 bits per heavy atom. The highest BCUT2D eigenvalue weighted by Gasteiger charge is 2.32. The molecule has 0 bridgehead atoms. The predicted octanol–water partition coefficient (Wildman–Crippen LogP) is 19.0. The average molecular weight is 1290 g/mol. The maximum absolute atomic E-state index is 6.50. The van der Waals surface area contributed by atoms with Gasteiger partial charge in [-0.1, -0.05) is 225 Å². The Balaban J connectivity index is 0.896. The summed E-state index contributed by atoms with van der Waals surface area (Å²) >= 11 is 0. The topological polar surface area (TPSA) is 74.8 Å². The van der Waals surface area contributed by atoms with Gasteiger partial charge in [-0.15, -0.1) is 0 Å². The van der Waals surface area contributed by atoms with Crippen molar-refractivity contribution >= 4 is 134 Å². The van der Waals surface area contributed by atoms with Gasteiger partial charge in [0.15, 0.2) is 17.5 Å². The van der Waals surface area contributed by atoms with Gasteiger partial charge in [0.25, 0.3) is 0 Å². The molecule has 0 atom stereocenters. The summed E-state index contributed by atoms with van der Waals surface area (Å²) < 4.78 is 17.9. The average Bonchev–Trinajstić information content (AvgIpc) is 1.53. The van der Waals surface area contributed by atoms with Crippen molar-refractivity contribution in [3.8, 4) is 45.5 Å². The van der Waals surface area contributed by atoms with Crippen LogP contribution in [-0.4, -0.2) is 37.5 Å². The summed E-state index contributed by atoms with van der Waals surface area (Å²) in [5.74, 6) is 1.63. The summed E-state index contributed by atoms with van der Waals surface area (Å²) in [5, 5.41) is 8.79. The molecule has 5 heterocycles. The number of para-hydroxylation sites is 3. The zero-order valence-electron chi connectivity index (χ0n) is 57.9. The minimum Gasteiger partial charge on any atom is -0.456 e. The summed E-state index contributed by atoms with van der Waals surface area (Å²) in [6, 6.07) is 90.3. The van der Waals surface area contributed by atoms with Gasteiger partial charge in [-0.05, 0) is 181 Å². The maximum atomic E-state index is 6.50. The molecule has 0 fully saturated rings. The Morgan fingerprint density at radius 3 is 1.24 bits per heavy atom. The Kier molecular flexibility index (Phi) is 14.2. The highest BCUT2D eigenvalue weighted by atomic mass is 16.3. The first kappa shape index (κ1) is 60.6. The van der Waals surface area contributed by atoms with E-state index in [4.69, 9.17) is 23.8 Å². The molecule has 18 aromatic rings. The van der Waals surface area contributed by atoms with Crippen LogP contribution in [0.15, 0.2) is 258 Å². The van der Waals surface area contributed by atoms with Gasteiger partial charge in [-0.3, -0.25) is 0 Å². The van der Waals surface area contributed by atoms with Gasteiger partial charge < -0.3 is 18.0 Å². The summed E-state index contributed by atoms with van der Waals surface area (Å²) in [7, 11) is 0. The molecule has 0 amide bonds. The van der Waals surface area contributed by atoms with Gasteiger partial charge in [-0.2, -0.15) is 0 Å².